The molecule has 2 aromatic rings. The normalized spacial score (nSPS) is 10.1. The lowest BCUT2D eigenvalue weighted by Gasteiger charge is -2.11. The Morgan fingerprint density at radius 3 is 2.75 bits per heavy atom. The van der Waals surface area contributed by atoms with Crippen LogP contribution in [0.3, 0.4) is 0 Å². The van der Waals surface area contributed by atoms with Crippen molar-refractivity contribution < 1.29 is 14.6 Å². The molecule has 0 aliphatic rings. The van der Waals surface area contributed by atoms with Gasteiger partial charge < -0.3 is 20.3 Å². The number of methoxy groups -OCH3 is 1. The third-order valence-electron chi connectivity index (χ3n) is 2.67. The molecule has 0 saturated heterocycles. The first-order valence-electron chi connectivity index (χ1n) is 5.90. The van der Waals surface area contributed by atoms with Crippen LogP contribution in [0.1, 0.15) is 11.1 Å². The topological polar surface area (TPSA) is 101 Å². The minimum atomic E-state index is -0.0747. The van der Waals surface area contributed by atoms with E-state index in [1.54, 1.807) is 30.3 Å². The molecule has 0 unspecified atom stereocenters. The summed E-state index contributed by atoms with van der Waals surface area (Å²) in [5.41, 5.74) is 6.67. The fourth-order valence-corrected chi connectivity index (χ4v) is 1.64. The zero-order valence-corrected chi connectivity index (χ0v) is 11.0. The highest BCUT2D eigenvalue weighted by molar-refractivity contribution is 5.95. The van der Waals surface area contributed by atoms with Crippen molar-refractivity contribution >= 4 is 5.84 Å². The highest BCUT2D eigenvalue weighted by Gasteiger charge is 2.08. The molecular formula is C14H15N3O3. The molecule has 0 amide bonds. The number of hydrogen-bond acceptors (Lipinski definition) is 5. The Balaban J connectivity index is 2.29. The maximum Gasteiger partial charge on any atom is 0.220 e. The molecule has 6 nitrogen and oxygen atoms in total. The molecule has 1 heterocycles. The number of nitrogens with two attached hydrogens (primary N) is 1. The Morgan fingerprint density at radius 2 is 2.10 bits per heavy atom. The second-order valence-electron chi connectivity index (χ2n) is 4.04. The van der Waals surface area contributed by atoms with E-state index in [4.69, 9.17) is 25.7 Å². The van der Waals surface area contributed by atoms with Crippen LogP contribution in [0.4, 0.5) is 0 Å². The average Bonchev–Trinajstić information content (AvgIpc) is 2.48. The van der Waals surface area contributed by atoms with Gasteiger partial charge in [-0.3, -0.25) is 5.41 Å². The van der Waals surface area contributed by atoms with E-state index >= 15 is 0 Å². The van der Waals surface area contributed by atoms with E-state index in [1.165, 1.54) is 13.3 Å². The molecule has 0 fully saturated rings. The van der Waals surface area contributed by atoms with Crippen molar-refractivity contribution in [3.8, 4) is 17.4 Å². The van der Waals surface area contributed by atoms with Crippen molar-refractivity contribution in [2.45, 2.75) is 6.61 Å². The van der Waals surface area contributed by atoms with Crippen molar-refractivity contribution in [1.82, 2.24) is 4.98 Å². The van der Waals surface area contributed by atoms with E-state index < -0.39 is 0 Å². The van der Waals surface area contributed by atoms with Crippen LogP contribution >= 0.6 is 0 Å². The van der Waals surface area contributed by atoms with E-state index in [9.17, 15) is 0 Å². The van der Waals surface area contributed by atoms with Gasteiger partial charge in [-0.2, -0.15) is 0 Å². The minimum absolute atomic E-state index is 0.0557. The third-order valence-corrected chi connectivity index (χ3v) is 2.67. The van der Waals surface area contributed by atoms with Crippen molar-refractivity contribution in [2.24, 2.45) is 5.73 Å². The van der Waals surface area contributed by atoms with E-state index in [0.29, 0.717) is 22.9 Å². The molecule has 20 heavy (non-hydrogen) atoms. The lowest BCUT2D eigenvalue weighted by atomic mass is 10.2. The molecule has 0 aliphatic carbocycles. The highest BCUT2D eigenvalue weighted by Crippen LogP contribution is 2.31. The molecule has 0 atom stereocenters. The first kappa shape index (κ1) is 13.8. The van der Waals surface area contributed by atoms with Gasteiger partial charge in [0.15, 0.2) is 11.5 Å². The Hall–Kier alpha value is -2.60. The first-order chi connectivity index (χ1) is 9.63. The highest BCUT2D eigenvalue weighted by atomic mass is 16.5. The molecule has 0 bridgehead atoms. The molecule has 0 saturated carbocycles. The Labute approximate surface area is 116 Å². The molecule has 0 aliphatic heterocycles. The van der Waals surface area contributed by atoms with Gasteiger partial charge >= 0.3 is 0 Å². The zero-order valence-electron chi connectivity index (χ0n) is 11.0. The predicted octanol–water partition coefficient (Wildman–Crippen LogP) is 1.66. The minimum Gasteiger partial charge on any atom is -0.493 e. The molecule has 4 N–H and O–H groups in total. The van der Waals surface area contributed by atoms with Crippen molar-refractivity contribution in [1.29, 1.82) is 5.41 Å². The molecule has 104 valence electrons. The summed E-state index contributed by atoms with van der Waals surface area (Å²) < 4.78 is 10.8. The quantitative estimate of drug-likeness (QED) is 0.568. The second-order valence-corrected chi connectivity index (χ2v) is 4.04. The monoisotopic (exact) mass is 273 g/mol. The van der Waals surface area contributed by atoms with Gasteiger partial charge in [0, 0.05) is 17.8 Å². The van der Waals surface area contributed by atoms with Crippen LogP contribution in [0.2, 0.25) is 0 Å². The van der Waals surface area contributed by atoms with Crippen LogP contribution in [0, 0.1) is 5.41 Å². The molecule has 0 spiro atoms. The van der Waals surface area contributed by atoms with Gasteiger partial charge in [0.1, 0.15) is 5.84 Å². The Bertz CT molecular complexity index is 629. The number of ether oxygens (including phenoxy) is 2. The Morgan fingerprint density at radius 1 is 1.30 bits per heavy atom. The smallest absolute Gasteiger partial charge is 0.220 e. The van der Waals surface area contributed by atoms with E-state index in [2.05, 4.69) is 4.98 Å². The van der Waals surface area contributed by atoms with Crippen molar-refractivity contribution in [2.75, 3.05) is 7.11 Å². The molecule has 0 radical (unpaired) electrons. The van der Waals surface area contributed by atoms with Crippen LogP contribution in [0.25, 0.3) is 0 Å². The third kappa shape index (κ3) is 3.04. The second kappa shape index (κ2) is 6.03. The zero-order chi connectivity index (χ0) is 14.5. The summed E-state index contributed by atoms with van der Waals surface area (Å²) in [6.07, 6.45) is 1.51. The number of benzene rings is 1. The summed E-state index contributed by atoms with van der Waals surface area (Å²) in [6, 6.07) is 8.30. The largest absolute Gasteiger partial charge is 0.493 e. The summed E-state index contributed by atoms with van der Waals surface area (Å²) in [5.74, 6) is 1.22. The van der Waals surface area contributed by atoms with Crippen molar-refractivity contribution in [3.05, 3.63) is 47.7 Å². The summed E-state index contributed by atoms with van der Waals surface area (Å²) in [6.45, 7) is -0.0747. The number of aliphatic hydroxyl groups is 1. The van der Waals surface area contributed by atoms with Crippen LogP contribution in [-0.4, -0.2) is 23.0 Å². The van der Waals surface area contributed by atoms with Crippen LogP contribution < -0.4 is 15.2 Å². The maximum absolute atomic E-state index is 9.09. The fourth-order valence-electron chi connectivity index (χ4n) is 1.64. The number of aliphatic hydroxyl groups excluding tert-OH is 1. The van der Waals surface area contributed by atoms with Crippen molar-refractivity contribution in [3.63, 3.8) is 0 Å². The number of pyridine rings is 1. The van der Waals surface area contributed by atoms with Crippen LogP contribution in [0.15, 0.2) is 36.5 Å². The number of rotatable bonds is 5. The van der Waals surface area contributed by atoms with Gasteiger partial charge in [0.2, 0.25) is 5.88 Å². The average molecular weight is 273 g/mol. The number of amidine groups is 1. The van der Waals surface area contributed by atoms with Gasteiger partial charge in [-0.05, 0) is 23.8 Å². The molecule has 2 rings (SSSR count). The summed E-state index contributed by atoms with van der Waals surface area (Å²) in [5, 5.41) is 16.5. The molecular weight excluding hydrogens is 258 g/mol. The Kier molecular flexibility index (Phi) is 4.17. The maximum atomic E-state index is 9.09. The number of nitrogen functional groups attached to an aromatic ring is 1. The van der Waals surface area contributed by atoms with Crippen LogP contribution in [0.5, 0.6) is 17.4 Å². The van der Waals surface area contributed by atoms with E-state index in [-0.39, 0.29) is 12.4 Å². The van der Waals surface area contributed by atoms with E-state index in [1.807, 2.05) is 0 Å². The number of nitrogens with zero attached hydrogens (tertiary/aromatic N) is 1. The fraction of sp³-hybridized carbons (Fsp3) is 0.143. The lowest BCUT2D eigenvalue weighted by Crippen LogP contribution is -2.11. The number of nitrogens with one attached hydrogen (secondary N) is 1. The predicted molar refractivity (Wildman–Crippen MR) is 74.2 cm³/mol. The number of hydrogen-bond donors (Lipinski definition) is 3. The first-order valence-corrected chi connectivity index (χ1v) is 5.90. The van der Waals surface area contributed by atoms with Gasteiger partial charge in [-0.15, -0.1) is 0 Å². The van der Waals surface area contributed by atoms with Gasteiger partial charge in [0.25, 0.3) is 0 Å². The number of aromatic nitrogens is 1. The summed E-state index contributed by atoms with van der Waals surface area (Å²) in [7, 11) is 1.52. The lowest BCUT2D eigenvalue weighted by molar-refractivity contribution is 0.280. The van der Waals surface area contributed by atoms with Crippen LogP contribution in [-0.2, 0) is 6.61 Å². The van der Waals surface area contributed by atoms with Gasteiger partial charge in [-0.1, -0.05) is 6.07 Å². The van der Waals surface area contributed by atoms with Gasteiger partial charge in [-0.25, -0.2) is 4.98 Å². The van der Waals surface area contributed by atoms with E-state index in [0.717, 1.165) is 5.56 Å². The SMILES string of the molecule is COc1cc(CO)ccc1Oc1cc(C(=N)N)ccn1. The van der Waals surface area contributed by atoms with Gasteiger partial charge in [0.05, 0.1) is 13.7 Å². The molecule has 6 heteroatoms. The summed E-state index contributed by atoms with van der Waals surface area (Å²) in [4.78, 5) is 4.06. The summed E-state index contributed by atoms with van der Waals surface area (Å²) >= 11 is 0. The molecule has 1 aromatic carbocycles. The molecule has 1 aromatic heterocycles. The standard InChI is InChI=1S/C14H15N3O3/c1-19-12-6-9(8-18)2-3-11(12)20-13-7-10(14(15)16)4-5-17-13/h2-7,18H,8H2,1H3,(H3,15,16).